The first-order valence-electron chi connectivity index (χ1n) is 11.5. The molecule has 0 spiro atoms. The molecule has 0 bridgehead atoms. The molecule has 1 aromatic rings. The van der Waals surface area contributed by atoms with Gasteiger partial charge in [-0.3, -0.25) is 4.79 Å². The van der Waals surface area contributed by atoms with Gasteiger partial charge in [0.2, 0.25) is 0 Å². The van der Waals surface area contributed by atoms with Crippen LogP contribution in [0.4, 0.5) is 0 Å². The maximum Gasteiger partial charge on any atom is 0.269 e. The third-order valence-corrected chi connectivity index (χ3v) is 6.65. The molecule has 1 aromatic heterocycles. The molecule has 1 heterocycles. The molecular formula is C23H37BN2O. The topological polar surface area (TPSA) is 42.0 Å². The molecule has 0 atom stereocenters. The number of amides is 1. The lowest BCUT2D eigenvalue weighted by atomic mass is 9.70. The minimum Gasteiger partial charge on any atom is -0.353 e. The second-order valence-electron chi connectivity index (χ2n) is 9.13. The first kappa shape index (κ1) is 20.4. The molecule has 4 heteroatoms. The van der Waals surface area contributed by atoms with Crippen molar-refractivity contribution in [3.63, 3.8) is 0 Å². The number of carbonyl (C=O) groups excluding carboxylic acids is 1. The van der Waals surface area contributed by atoms with E-state index in [0.29, 0.717) is 11.6 Å². The predicted octanol–water partition coefficient (Wildman–Crippen LogP) is 5.10. The first-order chi connectivity index (χ1) is 13.2. The summed E-state index contributed by atoms with van der Waals surface area (Å²) in [5.74, 6) is 0.569. The fourth-order valence-corrected chi connectivity index (χ4v) is 4.88. The molecule has 0 unspecified atom stereocenters. The van der Waals surface area contributed by atoms with E-state index < -0.39 is 0 Å². The zero-order chi connectivity index (χ0) is 19.0. The van der Waals surface area contributed by atoms with Gasteiger partial charge in [0.05, 0.1) is 0 Å². The molecule has 1 amide bonds. The lowest BCUT2D eigenvalue weighted by Crippen LogP contribution is -2.49. The van der Waals surface area contributed by atoms with E-state index in [4.69, 9.17) is 4.98 Å². The van der Waals surface area contributed by atoms with Gasteiger partial charge >= 0.3 is 0 Å². The number of hydrogen-bond donors (Lipinski definition) is 1. The maximum absolute atomic E-state index is 13.0. The largest absolute Gasteiger partial charge is 0.353 e. The van der Waals surface area contributed by atoms with Gasteiger partial charge in [-0.05, 0) is 37.8 Å². The van der Waals surface area contributed by atoms with Crippen LogP contribution >= 0.6 is 0 Å². The third kappa shape index (κ3) is 6.36. The zero-order valence-corrected chi connectivity index (χ0v) is 17.3. The van der Waals surface area contributed by atoms with Crippen molar-refractivity contribution in [1.82, 2.24) is 10.3 Å². The van der Waals surface area contributed by atoms with Crippen LogP contribution in [0.15, 0.2) is 18.2 Å². The molecule has 2 saturated carbocycles. The second kappa shape index (κ2) is 10.3. The van der Waals surface area contributed by atoms with Crippen LogP contribution in [-0.2, 0) is 0 Å². The van der Waals surface area contributed by atoms with E-state index in [-0.39, 0.29) is 11.3 Å². The zero-order valence-electron chi connectivity index (χ0n) is 17.3. The minimum atomic E-state index is -0.0959. The van der Waals surface area contributed by atoms with Crippen molar-refractivity contribution in [2.45, 2.75) is 108 Å². The Balaban J connectivity index is 1.63. The number of carbonyl (C=O) groups is 1. The highest BCUT2D eigenvalue weighted by molar-refractivity contribution is 6.17. The van der Waals surface area contributed by atoms with E-state index >= 15 is 0 Å². The van der Waals surface area contributed by atoms with Crippen LogP contribution in [0, 0.1) is 0 Å². The van der Waals surface area contributed by atoms with Crippen molar-refractivity contribution in [2.75, 3.05) is 0 Å². The van der Waals surface area contributed by atoms with Gasteiger partial charge in [-0.2, -0.15) is 0 Å². The molecule has 2 aliphatic rings. The summed E-state index contributed by atoms with van der Waals surface area (Å²) in [6.07, 6.45) is 19.0. The second-order valence-corrected chi connectivity index (χ2v) is 9.13. The van der Waals surface area contributed by atoms with Crippen molar-refractivity contribution >= 4 is 13.8 Å². The van der Waals surface area contributed by atoms with Crippen molar-refractivity contribution < 1.29 is 4.79 Å². The Kier molecular flexibility index (Phi) is 7.78. The minimum absolute atomic E-state index is 0.0180. The molecule has 1 N–H and O–H groups in total. The Bertz CT molecular complexity index is 586. The first-order valence-corrected chi connectivity index (χ1v) is 11.5. The molecule has 0 aliphatic heterocycles. The van der Waals surface area contributed by atoms with Gasteiger partial charge in [0.1, 0.15) is 13.5 Å². The van der Waals surface area contributed by atoms with E-state index in [1.165, 1.54) is 83.5 Å². The highest BCUT2D eigenvalue weighted by Crippen LogP contribution is 2.33. The monoisotopic (exact) mass is 368 g/mol. The van der Waals surface area contributed by atoms with E-state index in [1.807, 2.05) is 12.1 Å². The van der Waals surface area contributed by atoms with Gasteiger partial charge in [0.15, 0.2) is 0 Å². The van der Waals surface area contributed by atoms with E-state index in [9.17, 15) is 4.79 Å². The summed E-state index contributed by atoms with van der Waals surface area (Å²) in [6.45, 7) is 0. The molecule has 0 radical (unpaired) electrons. The van der Waals surface area contributed by atoms with Crippen LogP contribution in [0.25, 0.3) is 0 Å². The quantitative estimate of drug-likeness (QED) is 0.754. The van der Waals surface area contributed by atoms with Crippen LogP contribution in [0.5, 0.6) is 0 Å². The Hall–Kier alpha value is -1.32. The standard InChI is InChI=1S/C23H37BN2O/c24-23(17-10-6-4-2-1-3-5-7-11-18-23)26-22(27)21-16-12-15-20(25-21)19-13-8-9-14-19/h12,15-16,19H,1-11,13-14,17-18,24H2,(H,26,27). The summed E-state index contributed by atoms with van der Waals surface area (Å²) in [5.41, 5.74) is 1.62. The van der Waals surface area contributed by atoms with Crippen LogP contribution in [0.2, 0.25) is 0 Å². The van der Waals surface area contributed by atoms with E-state index in [0.717, 1.165) is 18.5 Å². The number of pyridine rings is 1. The Morgan fingerprint density at radius 1 is 0.889 bits per heavy atom. The summed E-state index contributed by atoms with van der Waals surface area (Å²) in [6, 6.07) is 6.00. The average molecular weight is 368 g/mol. The van der Waals surface area contributed by atoms with Crippen molar-refractivity contribution in [2.24, 2.45) is 0 Å². The predicted molar refractivity (Wildman–Crippen MR) is 115 cm³/mol. The molecule has 148 valence electrons. The smallest absolute Gasteiger partial charge is 0.269 e. The Labute approximate surface area is 166 Å². The average Bonchev–Trinajstić information content (AvgIpc) is 3.20. The van der Waals surface area contributed by atoms with Gasteiger partial charge in [-0.1, -0.05) is 76.7 Å². The number of hydrogen-bond acceptors (Lipinski definition) is 2. The van der Waals surface area contributed by atoms with Gasteiger partial charge < -0.3 is 5.32 Å². The number of rotatable bonds is 3. The number of nitrogens with one attached hydrogen (secondary N) is 1. The van der Waals surface area contributed by atoms with Crippen LogP contribution in [0.1, 0.15) is 118 Å². The van der Waals surface area contributed by atoms with Gasteiger partial charge in [0, 0.05) is 17.1 Å². The lowest BCUT2D eigenvalue weighted by molar-refractivity contribution is 0.0913. The molecule has 2 fully saturated rings. The van der Waals surface area contributed by atoms with Gasteiger partial charge in [0.25, 0.3) is 5.91 Å². The van der Waals surface area contributed by atoms with Crippen LogP contribution in [-0.4, -0.2) is 24.2 Å². The molecule has 0 saturated heterocycles. The summed E-state index contributed by atoms with van der Waals surface area (Å²) < 4.78 is 0. The highest BCUT2D eigenvalue weighted by atomic mass is 16.2. The normalized spacial score (nSPS) is 22.5. The summed E-state index contributed by atoms with van der Waals surface area (Å²) in [5, 5.41) is 3.38. The third-order valence-electron chi connectivity index (χ3n) is 6.65. The van der Waals surface area contributed by atoms with Crippen LogP contribution in [0.3, 0.4) is 0 Å². The maximum atomic E-state index is 13.0. The summed E-state index contributed by atoms with van der Waals surface area (Å²) in [4.78, 5) is 17.7. The van der Waals surface area contributed by atoms with Crippen molar-refractivity contribution in [3.05, 3.63) is 29.6 Å². The van der Waals surface area contributed by atoms with Crippen molar-refractivity contribution in [1.29, 1.82) is 0 Å². The molecular weight excluding hydrogens is 331 g/mol. The molecule has 0 aromatic carbocycles. The fourth-order valence-electron chi connectivity index (χ4n) is 4.88. The molecule has 3 nitrogen and oxygen atoms in total. The van der Waals surface area contributed by atoms with E-state index in [1.54, 1.807) is 0 Å². The summed E-state index contributed by atoms with van der Waals surface area (Å²) >= 11 is 0. The molecule has 2 aliphatic carbocycles. The fraction of sp³-hybridized carbons (Fsp3) is 0.739. The Morgan fingerprint density at radius 3 is 2.04 bits per heavy atom. The van der Waals surface area contributed by atoms with Crippen LogP contribution < -0.4 is 5.32 Å². The Morgan fingerprint density at radius 2 is 1.44 bits per heavy atom. The van der Waals surface area contributed by atoms with Crippen molar-refractivity contribution in [3.8, 4) is 0 Å². The van der Waals surface area contributed by atoms with Gasteiger partial charge in [-0.15, -0.1) is 0 Å². The number of aromatic nitrogens is 1. The van der Waals surface area contributed by atoms with E-state index in [2.05, 4.69) is 19.2 Å². The molecule has 27 heavy (non-hydrogen) atoms. The summed E-state index contributed by atoms with van der Waals surface area (Å²) in [7, 11) is 2.25. The van der Waals surface area contributed by atoms with Gasteiger partial charge in [-0.25, -0.2) is 4.98 Å². The molecule has 3 rings (SSSR count). The lowest BCUT2D eigenvalue weighted by Gasteiger charge is -2.32. The number of nitrogens with zero attached hydrogens (tertiary/aromatic N) is 1. The SMILES string of the molecule is BC1(NC(=O)c2cccc(C3CCCC3)n2)CCCCCCCCCCC1. The highest BCUT2D eigenvalue weighted by Gasteiger charge is 2.27.